The summed E-state index contributed by atoms with van der Waals surface area (Å²) in [5, 5.41) is 4.88. The van der Waals surface area contributed by atoms with Crippen molar-refractivity contribution in [3.8, 4) is 0 Å². The maximum Gasteiger partial charge on any atom is 0.0450 e. The molecule has 4 saturated heterocycles. The number of hydrogen-bond donors (Lipinski definition) is 1. The van der Waals surface area contributed by atoms with Gasteiger partial charge in [0.05, 0.1) is 0 Å². The van der Waals surface area contributed by atoms with E-state index >= 15 is 0 Å². The fourth-order valence-electron chi connectivity index (χ4n) is 6.94. The fraction of sp³-hybridized carbons (Fsp3) is 0.379. The third kappa shape index (κ3) is 3.59. The van der Waals surface area contributed by atoms with Gasteiger partial charge in [0.15, 0.2) is 0 Å². The molecule has 0 aliphatic carbocycles. The van der Waals surface area contributed by atoms with Gasteiger partial charge in [-0.15, -0.1) is 0 Å². The van der Waals surface area contributed by atoms with Crippen molar-refractivity contribution >= 4 is 11.6 Å². The molecule has 4 fully saturated rings. The van der Waals surface area contributed by atoms with E-state index in [9.17, 15) is 0 Å². The van der Waals surface area contributed by atoms with Crippen LogP contribution in [-0.2, 0) is 6.54 Å². The van der Waals surface area contributed by atoms with E-state index in [1.165, 1.54) is 42.4 Å². The number of fused-ring (bicyclic) bond motifs is 1. The summed E-state index contributed by atoms with van der Waals surface area (Å²) in [6.45, 7) is 0.830. The van der Waals surface area contributed by atoms with Crippen molar-refractivity contribution in [1.82, 2.24) is 10.2 Å². The number of piperidine rings is 3. The van der Waals surface area contributed by atoms with Crippen LogP contribution in [0, 0.1) is 5.92 Å². The minimum Gasteiger partial charge on any atom is -0.308 e. The van der Waals surface area contributed by atoms with Gasteiger partial charge in [-0.1, -0.05) is 90.5 Å². The Labute approximate surface area is 196 Å². The normalized spacial score (nSPS) is 30.7. The number of nitrogens with one attached hydrogen (secondary N) is 1. The molecule has 4 unspecified atom stereocenters. The van der Waals surface area contributed by atoms with E-state index in [0.29, 0.717) is 18.0 Å². The predicted octanol–water partition coefficient (Wildman–Crippen LogP) is 6.26. The lowest BCUT2D eigenvalue weighted by molar-refractivity contribution is -0.0464. The molecule has 0 aromatic heterocycles. The van der Waals surface area contributed by atoms with Gasteiger partial charge in [0.2, 0.25) is 0 Å². The van der Waals surface area contributed by atoms with E-state index in [1.54, 1.807) is 0 Å². The number of benzene rings is 3. The number of nitrogens with zero attached hydrogens (tertiary/aromatic N) is 1. The number of hydrogen-bond acceptors (Lipinski definition) is 2. The van der Waals surface area contributed by atoms with Crippen LogP contribution < -0.4 is 5.32 Å². The smallest absolute Gasteiger partial charge is 0.0450 e. The van der Waals surface area contributed by atoms with Crippen LogP contribution in [0.3, 0.4) is 0 Å². The van der Waals surface area contributed by atoms with Crippen molar-refractivity contribution in [2.45, 2.75) is 62.3 Å². The zero-order valence-corrected chi connectivity index (χ0v) is 19.2. The van der Waals surface area contributed by atoms with E-state index in [4.69, 9.17) is 11.6 Å². The molecule has 3 heteroatoms. The molecule has 0 amide bonds. The summed E-state index contributed by atoms with van der Waals surface area (Å²) in [6.07, 6.45) is 5.41. The van der Waals surface area contributed by atoms with E-state index < -0.39 is 0 Å². The largest absolute Gasteiger partial charge is 0.308 e. The van der Waals surface area contributed by atoms with Gasteiger partial charge in [0.1, 0.15) is 0 Å². The minimum atomic E-state index is 0.368. The molecule has 3 aromatic rings. The highest BCUT2D eigenvalue weighted by atomic mass is 35.5. The second-order valence-electron chi connectivity index (χ2n) is 9.85. The first-order valence-electron chi connectivity index (χ1n) is 12.1. The zero-order chi connectivity index (χ0) is 21.5. The molecule has 164 valence electrons. The summed E-state index contributed by atoms with van der Waals surface area (Å²) in [4.78, 5) is 2.93. The van der Waals surface area contributed by atoms with Crippen LogP contribution in [-0.4, -0.2) is 29.1 Å². The Morgan fingerprint density at radius 1 is 0.781 bits per heavy atom. The van der Waals surface area contributed by atoms with Gasteiger partial charge in [0.25, 0.3) is 0 Å². The average molecular weight is 443 g/mol. The minimum absolute atomic E-state index is 0.368. The molecular weight excluding hydrogens is 412 g/mol. The highest BCUT2D eigenvalue weighted by Crippen LogP contribution is 2.52. The van der Waals surface area contributed by atoms with E-state index in [-0.39, 0.29) is 0 Å². The summed E-state index contributed by atoms with van der Waals surface area (Å²) in [6, 6.07) is 33.1. The summed E-state index contributed by atoms with van der Waals surface area (Å²) in [5.41, 5.74) is 4.06. The van der Waals surface area contributed by atoms with Gasteiger partial charge in [-0.25, -0.2) is 0 Å². The van der Waals surface area contributed by atoms with Gasteiger partial charge in [0, 0.05) is 41.7 Å². The van der Waals surface area contributed by atoms with Crippen LogP contribution in [0.25, 0.3) is 0 Å². The Kier molecular flexibility index (Phi) is 5.54. The van der Waals surface area contributed by atoms with Gasteiger partial charge in [-0.2, -0.15) is 0 Å². The van der Waals surface area contributed by atoms with Gasteiger partial charge < -0.3 is 5.32 Å². The zero-order valence-electron chi connectivity index (χ0n) is 18.4. The van der Waals surface area contributed by atoms with Crippen LogP contribution in [0.1, 0.15) is 48.3 Å². The summed E-state index contributed by atoms with van der Waals surface area (Å²) in [5.74, 6) is 1.10. The topological polar surface area (TPSA) is 15.3 Å². The Morgan fingerprint density at radius 3 is 1.94 bits per heavy atom. The number of rotatable bonds is 6. The molecule has 4 bridgehead atoms. The number of halogens is 1. The second-order valence-corrected chi connectivity index (χ2v) is 10.3. The summed E-state index contributed by atoms with van der Waals surface area (Å²) >= 11 is 6.52. The van der Waals surface area contributed by atoms with Gasteiger partial charge in [-0.3, -0.25) is 4.90 Å². The molecule has 0 spiro atoms. The molecule has 7 rings (SSSR count). The molecule has 0 radical (unpaired) electrons. The lowest BCUT2D eigenvalue weighted by atomic mass is 9.68. The maximum atomic E-state index is 6.52. The first-order chi connectivity index (χ1) is 15.8. The van der Waals surface area contributed by atoms with Crippen molar-refractivity contribution in [1.29, 1.82) is 0 Å². The van der Waals surface area contributed by atoms with Crippen LogP contribution in [0.15, 0.2) is 84.9 Å². The van der Waals surface area contributed by atoms with E-state index in [1.807, 2.05) is 12.1 Å². The van der Waals surface area contributed by atoms with Crippen molar-refractivity contribution in [3.05, 3.63) is 107 Å². The highest BCUT2D eigenvalue weighted by molar-refractivity contribution is 6.31. The Balaban J connectivity index is 1.40. The lowest BCUT2D eigenvalue weighted by Crippen LogP contribution is -2.68. The first-order valence-corrected chi connectivity index (χ1v) is 12.5. The SMILES string of the molecule is Clc1ccccc1CNC1C2CC3CCC(C2)N3C1C(c1ccccc1)c1ccccc1. The summed E-state index contributed by atoms with van der Waals surface area (Å²) < 4.78 is 0. The first kappa shape index (κ1) is 20.5. The lowest BCUT2D eigenvalue weighted by Gasteiger charge is -2.58. The van der Waals surface area contributed by atoms with Crippen LogP contribution in [0.2, 0.25) is 5.02 Å². The molecule has 4 aliphatic heterocycles. The van der Waals surface area contributed by atoms with Gasteiger partial charge >= 0.3 is 0 Å². The second kappa shape index (κ2) is 8.67. The molecule has 4 atom stereocenters. The monoisotopic (exact) mass is 442 g/mol. The molecule has 1 N–H and O–H groups in total. The molecule has 2 nitrogen and oxygen atoms in total. The van der Waals surface area contributed by atoms with Crippen LogP contribution >= 0.6 is 11.6 Å². The third-order valence-electron chi connectivity index (χ3n) is 8.19. The Morgan fingerprint density at radius 2 is 1.34 bits per heavy atom. The summed E-state index contributed by atoms with van der Waals surface area (Å²) in [7, 11) is 0. The maximum absolute atomic E-state index is 6.52. The fourth-order valence-corrected chi connectivity index (χ4v) is 7.15. The molecule has 0 saturated carbocycles. The van der Waals surface area contributed by atoms with Crippen molar-refractivity contribution < 1.29 is 0 Å². The Bertz CT molecular complexity index is 1000. The van der Waals surface area contributed by atoms with Crippen LogP contribution in [0.4, 0.5) is 0 Å². The average Bonchev–Trinajstić information content (AvgIpc) is 3.13. The van der Waals surface area contributed by atoms with Crippen molar-refractivity contribution in [2.75, 3.05) is 0 Å². The molecular formula is C29H31ClN2. The molecule has 32 heavy (non-hydrogen) atoms. The standard InChI is InChI=1S/C29H31ClN2/c30-26-14-8-7-13-22(26)19-31-28-23-17-24-15-16-25(18-23)32(24)29(28)27(20-9-3-1-4-10-20)21-11-5-2-6-12-21/h1-14,23-25,27-29,31H,15-19H2. The predicted molar refractivity (Wildman–Crippen MR) is 132 cm³/mol. The van der Waals surface area contributed by atoms with E-state index in [0.717, 1.165) is 29.6 Å². The third-order valence-corrected chi connectivity index (χ3v) is 8.56. The molecule has 3 aromatic carbocycles. The van der Waals surface area contributed by atoms with Crippen molar-refractivity contribution in [2.24, 2.45) is 5.92 Å². The van der Waals surface area contributed by atoms with Crippen molar-refractivity contribution in [3.63, 3.8) is 0 Å². The van der Waals surface area contributed by atoms with E-state index in [2.05, 4.69) is 83.0 Å². The molecule has 4 aliphatic rings. The van der Waals surface area contributed by atoms with Crippen LogP contribution in [0.5, 0.6) is 0 Å². The Hall–Kier alpha value is -2.13. The quantitative estimate of drug-likeness (QED) is 0.485. The molecule has 4 heterocycles. The highest BCUT2D eigenvalue weighted by Gasteiger charge is 2.56. The van der Waals surface area contributed by atoms with Gasteiger partial charge in [-0.05, 0) is 54.4 Å².